The van der Waals surface area contributed by atoms with Crippen LogP contribution >= 0.6 is 24.0 Å². The predicted molar refractivity (Wildman–Crippen MR) is 139 cm³/mol. The van der Waals surface area contributed by atoms with Gasteiger partial charge in [-0.2, -0.15) is 4.31 Å². The van der Waals surface area contributed by atoms with Crippen molar-refractivity contribution in [1.82, 2.24) is 9.21 Å². The number of fused-ring (bicyclic) bond motifs is 1. The van der Waals surface area contributed by atoms with E-state index in [1.165, 1.54) is 12.8 Å². The van der Waals surface area contributed by atoms with Crippen LogP contribution in [-0.2, 0) is 29.5 Å². The maximum atomic E-state index is 13.3. The van der Waals surface area contributed by atoms with E-state index < -0.39 is 10.0 Å². The number of benzene rings is 2. The van der Waals surface area contributed by atoms with Crippen molar-refractivity contribution in [2.24, 2.45) is 0 Å². The summed E-state index contributed by atoms with van der Waals surface area (Å²) in [6, 6.07) is 16.6. The highest BCUT2D eigenvalue weighted by atomic mass is 35.5. The summed E-state index contributed by atoms with van der Waals surface area (Å²) in [6.45, 7) is 3.82. The fourth-order valence-electron chi connectivity index (χ4n) is 4.52. The summed E-state index contributed by atoms with van der Waals surface area (Å²) in [6.07, 6.45) is 6.99. The molecule has 34 heavy (non-hydrogen) atoms. The molecule has 1 saturated heterocycles. The van der Waals surface area contributed by atoms with Gasteiger partial charge in [-0.05, 0) is 67.4 Å². The second-order valence-electron chi connectivity index (χ2n) is 8.69. The van der Waals surface area contributed by atoms with Crippen LogP contribution in [-0.4, -0.2) is 37.3 Å². The van der Waals surface area contributed by atoms with E-state index in [1.54, 1.807) is 16.4 Å². The van der Waals surface area contributed by atoms with Crippen molar-refractivity contribution in [3.63, 3.8) is 0 Å². The van der Waals surface area contributed by atoms with Gasteiger partial charge in [0.1, 0.15) is 11.5 Å². The standard InChI is InChI=1S/C26H27ClN2O3S.ClH/c27-23-5-3-4-21(16-23)7-6-20-8-10-25(11-9-20)33(30,31)29-15-12-26-22(18-29)17-24(32-26)19-28-13-1-2-14-28;/h3-11,16-17H,1-2,12-15,18-19H2;1H/b7-6-;. The van der Waals surface area contributed by atoms with Gasteiger partial charge in [0, 0.05) is 30.1 Å². The van der Waals surface area contributed by atoms with Gasteiger partial charge in [-0.15, -0.1) is 12.4 Å². The molecule has 8 heteroatoms. The summed E-state index contributed by atoms with van der Waals surface area (Å²) in [7, 11) is -3.57. The van der Waals surface area contributed by atoms with Crippen LogP contribution in [0.3, 0.4) is 0 Å². The van der Waals surface area contributed by atoms with Crippen molar-refractivity contribution in [3.05, 3.63) is 87.8 Å². The maximum absolute atomic E-state index is 13.3. The summed E-state index contributed by atoms with van der Waals surface area (Å²) in [4.78, 5) is 2.70. The number of rotatable bonds is 6. The molecule has 180 valence electrons. The first kappa shape index (κ1) is 25.0. The number of halogens is 2. The van der Waals surface area contributed by atoms with E-state index in [0.717, 1.165) is 47.8 Å². The molecule has 0 aliphatic carbocycles. The SMILES string of the molecule is Cl.O=S(=O)(c1ccc(/C=C\c2cccc(Cl)c2)cc1)N1CCc2oc(CN3CCCC3)cc2C1. The highest BCUT2D eigenvalue weighted by Gasteiger charge is 2.30. The van der Waals surface area contributed by atoms with Crippen molar-refractivity contribution in [3.8, 4) is 0 Å². The van der Waals surface area contributed by atoms with E-state index >= 15 is 0 Å². The van der Waals surface area contributed by atoms with Crippen LogP contribution in [0.5, 0.6) is 0 Å². The lowest BCUT2D eigenvalue weighted by atomic mass is 10.1. The average Bonchev–Trinajstić information content (AvgIpc) is 3.47. The number of sulfonamides is 1. The smallest absolute Gasteiger partial charge is 0.243 e. The van der Waals surface area contributed by atoms with E-state index in [4.69, 9.17) is 16.0 Å². The lowest BCUT2D eigenvalue weighted by Crippen LogP contribution is -2.35. The van der Waals surface area contributed by atoms with Crippen LogP contribution in [0, 0.1) is 0 Å². The van der Waals surface area contributed by atoms with Crippen LogP contribution in [0.1, 0.15) is 41.1 Å². The molecular formula is C26H28Cl2N2O3S. The summed E-state index contributed by atoms with van der Waals surface area (Å²) in [5, 5.41) is 0.684. The maximum Gasteiger partial charge on any atom is 0.243 e. The van der Waals surface area contributed by atoms with Crippen molar-refractivity contribution >= 4 is 46.2 Å². The summed E-state index contributed by atoms with van der Waals surface area (Å²) < 4.78 is 34.1. The molecule has 0 radical (unpaired) electrons. The Bertz CT molecular complexity index is 1260. The van der Waals surface area contributed by atoms with Gasteiger partial charge in [0.05, 0.1) is 11.4 Å². The first-order valence-electron chi connectivity index (χ1n) is 11.3. The predicted octanol–water partition coefficient (Wildman–Crippen LogP) is 5.87. The van der Waals surface area contributed by atoms with Gasteiger partial charge in [0.2, 0.25) is 10.0 Å². The minimum absolute atomic E-state index is 0. The Hall–Kier alpha value is -2.09. The molecule has 0 spiro atoms. The fourth-order valence-corrected chi connectivity index (χ4v) is 6.13. The third kappa shape index (κ3) is 5.58. The van der Waals surface area contributed by atoms with Gasteiger partial charge in [-0.1, -0.05) is 48.0 Å². The zero-order valence-corrected chi connectivity index (χ0v) is 21.2. The van der Waals surface area contributed by atoms with E-state index in [-0.39, 0.29) is 12.4 Å². The molecule has 5 rings (SSSR count). The molecule has 3 heterocycles. The molecule has 2 aromatic carbocycles. The summed E-state index contributed by atoms with van der Waals surface area (Å²) in [5.74, 6) is 1.87. The molecule has 3 aromatic rings. The second-order valence-corrected chi connectivity index (χ2v) is 11.1. The molecule has 0 saturated carbocycles. The van der Waals surface area contributed by atoms with Crippen LogP contribution in [0.25, 0.3) is 12.2 Å². The van der Waals surface area contributed by atoms with Gasteiger partial charge in [0.15, 0.2) is 0 Å². The Morgan fingerprint density at radius 2 is 1.68 bits per heavy atom. The minimum atomic E-state index is -3.57. The van der Waals surface area contributed by atoms with Crippen LogP contribution < -0.4 is 0 Å². The Labute approximate surface area is 212 Å². The van der Waals surface area contributed by atoms with Gasteiger partial charge in [-0.3, -0.25) is 4.90 Å². The first-order chi connectivity index (χ1) is 16.0. The minimum Gasteiger partial charge on any atom is -0.464 e. The largest absolute Gasteiger partial charge is 0.464 e. The molecule has 0 N–H and O–H groups in total. The van der Waals surface area contributed by atoms with Crippen molar-refractivity contribution < 1.29 is 12.8 Å². The Morgan fingerprint density at radius 1 is 0.941 bits per heavy atom. The van der Waals surface area contributed by atoms with Crippen molar-refractivity contribution in [2.75, 3.05) is 19.6 Å². The molecule has 0 bridgehead atoms. The molecule has 1 aromatic heterocycles. The van der Waals surface area contributed by atoms with Crippen molar-refractivity contribution in [2.45, 2.75) is 37.2 Å². The van der Waals surface area contributed by atoms with Crippen molar-refractivity contribution in [1.29, 1.82) is 0 Å². The van der Waals surface area contributed by atoms with Crippen LogP contribution in [0.2, 0.25) is 5.02 Å². The fraction of sp³-hybridized carbons (Fsp3) is 0.308. The normalized spacial score (nSPS) is 17.1. The van der Waals surface area contributed by atoms with Gasteiger partial charge in [-0.25, -0.2) is 8.42 Å². The zero-order valence-electron chi connectivity index (χ0n) is 18.8. The Balaban J connectivity index is 0.00000274. The Morgan fingerprint density at radius 3 is 2.41 bits per heavy atom. The summed E-state index contributed by atoms with van der Waals surface area (Å²) >= 11 is 6.03. The highest BCUT2D eigenvalue weighted by Crippen LogP contribution is 2.28. The molecule has 0 unspecified atom stereocenters. The number of likely N-dealkylation sites (tertiary alicyclic amines) is 1. The molecule has 2 aliphatic rings. The molecule has 0 atom stereocenters. The number of nitrogens with zero attached hydrogens (tertiary/aromatic N) is 2. The molecule has 0 amide bonds. The zero-order chi connectivity index (χ0) is 22.8. The third-order valence-corrected chi connectivity index (χ3v) is 8.39. The average molecular weight is 519 g/mol. The van der Waals surface area contributed by atoms with Gasteiger partial charge in [0.25, 0.3) is 0 Å². The monoisotopic (exact) mass is 518 g/mol. The van der Waals surface area contributed by atoms with E-state index in [2.05, 4.69) is 4.90 Å². The summed E-state index contributed by atoms with van der Waals surface area (Å²) in [5.41, 5.74) is 2.91. The second kappa shape index (κ2) is 10.7. The first-order valence-corrected chi connectivity index (χ1v) is 13.2. The third-order valence-electron chi connectivity index (χ3n) is 6.30. The molecule has 1 fully saturated rings. The highest BCUT2D eigenvalue weighted by molar-refractivity contribution is 7.89. The van der Waals surface area contributed by atoms with Crippen LogP contribution in [0.15, 0.2) is 63.9 Å². The lowest BCUT2D eigenvalue weighted by Gasteiger charge is -2.25. The molecular weight excluding hydrogens is 491 g/mol. The quantitative estimate of drug-likeness (QED) is 0.383. The van der Waals surface area contributed by atoms with E-state index in [0.29, 0.717) is 29.4 Å². The number of hydrogen-bond acceptors (Lipinski definition) is 4. The lowest BCUT2D eigenvalue weighted by molar-refractivity contribution is 0.288. The number of hydrogen-bond donors (Lipinski definition) is 0. The topological polar surface area (TPSA) is 53.8 Å². The van der Waals surface area contributed by atoms with Crippen LogP contribution in [0.4, 0.5) is 0 Å². The van der Waals surface area contributed by atoms with Gasteiger partial charge < -0.3 is 4.42 Å². The Kier molecular flexibility index (Phi) is 7.85. The molecule has 2 aliphatic heterocycles. The van der Waals surface area contributed by atoms with E-state index in [9.17, 15) is 8.42 Å². The van der Waals surface area contributed by atoms with Gasteiger partial charge >= 0.3 is 0 Å². The number of furan rings is 1. The van der Waals surface area contributed by atoms with E-state index in [1.807, 2.05) is 54.6 Å². The molecule has 5 nitrogen and oxygen atoms in total.